The highest BCUT2D eigenvalue weighted by molar-refractivity contribution is 7.21. The molecule has 1 aliphatic rings. The molecule has 1 aliphatic heterocycles. The van der Waals surface area contributed by atoms with Crippen molar-refractivity contribution in [3.8, 4) is 22.1 Å². The molecule has 0 radical (unpaired) electrons. The molecule has 3 aromatic carbocycles. The quantitative estimate of drug-likeness (QED) is 0.393. The highest BCUT2D eigenvalue weighted by Crippen LogP contribution is 2.39. The molecule has 0 saturated heterocycles. The third-order valence-electron chi connectivity index (χ3n) is 4.63. The van der Waals surface area contributed by atoms with Crippen molar-refractivity contribution in [2.45, 2.75) is 0 Å². The molecule has 8 heteroatoms. The molecule has 150 valence electrons. The van der Waals surface area contributed by atoms with Crippen molar-refractivity contribution in [3.63, 3.8) is 0 Å². The fraction of sp³-hybridized carbons (Fsp3) is 0.0909. The van der Waals surface area contributed by atoms with Crippen LogP contribution in [-0.2, 0) is 0 Å². The van der Waals surface area contributed by atoms with Crippen molar-refractivity contribution in [3.05, 3.63) is 70.2 Å². The third kappa shape index (κ3) is 3.58. The van der Waals surface area contributed by atoms with E-state index in [4.69, 9.17) is 32.7 Å². The largest absolute Gasteiger partial charge is 0.486 e. The number of nitrogens with one attached hydrogen (secondary N) is 1. The Labute approximate surface area is 186 Å². The molecule has 4 aromatic rings. The summed E-state index contributed by atoms with van der Waals surface area (Å²) in [6, 6.07) is 16.3. The molecule has 0 fully saturated rings. The number of hydrogen-bond donors (Lipinski definition) is 1. The van der Waals surface area contributed by atoms with Crippen molar-refractivity contribution in [1.29, 1.82) is 0 Å². The molecule has 1 amide bonds. The number of carbonyl (C=O) groups excluding carboxylic acids is 1. The number of thiazole rings is 1. The summed E-state index contributed by atoms with van der Waals surface area (Å²) < 4.78 is 12.1. The molecular formula is C22H14Cl2N2O3S. The first-order valence-corrected chi connectivity index (χ1v) is 10.7. The summed E-state index contributed by atoms with van der Waals surface area (Å²) >= 11 is 14.3. The van der Waals surface area contributed by atoms with Gasteiger partial charge in [0.2, 0.25) is 0 Å². The average molecular weight is 457 g/mol. The second kappa shape index (κ2) is 7.80. The smallest absolute Gasteiger partial charge is 0.255 e. The maximum atomic E-state index is 12.8. The van der Waals surface area contributed by atoms with E-state index in [0.29, 0.717) is 51.6 Å². The van der Waals surface area contributed by atoms with E-state index < -0.39 is 0 Å². The molecule has 0 saturated carbocycles. The zero-order valence-corrected chi connectivity index (χ0v) is 17.8. The number of rotatable bonds is 3. The number of para-hydroxylation sites is 1. The van der Waals surface area contributed by atoms with E-state index in [9.17, 15) is 4.79 Å². The highest BCUT2D eigenvalue weighted by atomic mass is 35.5. The number of fused-ring (bicyclic) bond motifs is 2. The van der Waals surface area contributed by atoms with Gasteiger partial charge in [-0.15, -0.1) is 11.3 Å². The van der Waals surface area contributed by atoms with E-state index in [-0.39, 0.29) is 5.91 Å². The number of halogens is 2. The van der Waals surface area contributed by atoms with Gasteiger partial charge in [-0.3, -0.25) is 4.79 Å². The second-order valence-corrected chi connectivity index (χ2v) is 8.46. The Bertz CT molecular complexity index is 1260. The molecule has 5 nitrogen and oxygen atoms in total. The first kappa shape index (κ1) is 19.2. The third-order valence-corrected chi connectivity index (χ3v) is 6.33. The second-order valence-electron chi connectivity index (χ2n) is 6.61. The Kier molecular flexibility index (Phi) is 4.98. The van der Waals surface area contributed by atoms with Gasteiger partial charge in [0.1, 0.15) is 18.2 Å². The topological polar surface area (TPSA) is 60.5 Å². The minimum atomic E-state index is -0.313. The van der Waals surface area contributed by atoms with Crippen LogP contribution >= 0.6 is 34.5 Å². The number of ether oxygens (including phenoxy) is 2. The lowest BCUT2D eigenvalue weighted by molar-refractivity contribution is 0.102. The summed E-state index contributed by atoms with van der Waals surface area (Å²) in [7, 11) is 0. The Morgan fingerprint density at radius 1 is 0.967 bits per heavy atom. The zero-order valence-electron chi connectivity index (χ0n) is 15.4. The van der Waals surface area contributed by atoms with Gasteiger partial charge in [-0.2, -0.15) is 0 Å². The first-order chi connectivity index (χ1) is 14.6. The van der Waals surface area contributed by atoms with Gasteiger partial charge in [0.05, 0.1) is 25.9 Å². The van der Waals surface area contributed by atoms with E-state index in [1.165, 1.54) is 11.3 Å². The molecule has 1 N–H and O–H groups in total. The predicted molar refractivity (Wildman–Crippen MR) is 120 cm³/mol. The molecule has 0 aliphatic carbocycles. The Morgan fingerprint density at radius 2 is 1.77 bits per heavy atom. The van der Waals surface area contributed by atoms with Gasteiger partial charge in [-0.05, 0) is 42.5 Å². The van der Waals surface area contributed by atoms with Gasteiger partial charge < -0.3 is 14.8 Å². The number of aromatic nitrogens is 1. The van der Waals surface area contributed by atoms with Crippen molar-refractivity contribution < 1.29 is 14.3 Å². The lowest BCUT2D eigenvalue weighted by Crippen LogP contribution is -2.17. The monoisotopic (exact) mass is 456 g/mol. The van der Waals surface area contributed by atoms with Gasteiger partial charge in [0.25, 0.3) is 5.91 Å². The molecule has 1 aromatic heterocycles. The van der Waals surface area contributed by atoms with Crippen molar-refractivity contribution in [2.24, 2.45) is 0 Å². The van der Waals surface area contributed by atoms with Crippen molar-refractivity contribution >= 4 is 56.3 Å². The fourth-order valence-electron chi connectivity index (χ4n) is 3.18. The van der Waals surface area contributed by atoms with Gasteiger partial charge in [0, 0.05) is 11.1 Å². The molecule has 0 unspecified atom stereocenters. The van der Waals surface area contributed by atoms with Crippen molar-refractivity contribution in [1.82, 2.24) is 4.98 Å². The predicted octanol–water partition coefficient (Wildman–Crippen LogP) is 6.29. The molecule has 5 rings (SSSR count). The van der Waals surface area contributed by atoms with Gasteiger partial charge in [-0.1, -0.05) is 35.3 Å². The lowest BCUT2D eigenvalue weighted by Gasteiger charge is -2.18. The first-order valence-electron chi connectivity index (χ1n) is 9.14. The fourth-order valence-corrected chi connectivity index (χ4v) is 4.75. The summed E-state index contributed by atoms with van der Waals surface area (Å²) in [5, 5.41) is 4.42. The normalized spacial score (nSPS) is 12.7. The van der Waals surface area contributed by atoms with Crippen LogP contribution in [0.15, 0.2) is 54.6 Å². The summed E-state index contributed by atoms with van der Waals surface area (Å²) in [6.07, 6.45) is 0. The van der Waals surface area contributed by atoms with Crippen LogP contribution in [-0.4, -0.2) is 24.1 Å². The zero-order chi connectivity index (χ0) is 20.7. The highest BCUT2D eigenvalue weighted by Gasteiger charge is 2.18. The van der Waals surface area contributed by atoms with E-state index in [1.807, 2.05) is 24.3 Å². The SMILES string of the molecule is O=C(Nc1cc(-c2nc3ccccc3s2)c(Cl)cc1Cl)c1ccc2c(c1)OCCO2. The van der Waals surface area contributed by atoms with E-state index in [2.05, 4.69) is 10.3 Å². The lowest BCUT2D eigenvalue weighted by atomic mass is 10.1. The van der Waals surface area contributed by atoms with Crippen LogP contribution in [0.25, 0.3) is 20.8 Å². The summed E-state index contributed by atoms with van der Waals surface area (Å²) in [4.78, 5) is 17.5. The number of carbonyl (C=O) groups is 1. The number of nitrogens with zero attached hydrogens (tertiary/aromatic N) is 1. The van der Waals surface area contributed by atoms with Crippen LogP contribution < -0.4 is 14.8 Å². The molecule has 0 atom stereocenters. The molecule has 0 bridgehead atoms. The van der Waals surface area contributed by atoms with Gasteiger partial charge in [-0.25, -0.2) is 4.98 Å². The van der Waals surface area contributed by atoms with Crippen LogP contribution in [0.2, 0.25) is 10.0 Å². The minimum absolute atomic E-state index is 0.313. The molecule has 30 heavy (non-hydrogen) atoms. The number of amides is 1. The Morgan fingerprint density at radius 3 is 2.60 bits per heavy atom. The summed E-state index contributed by atoms with van der Waals surface area (Å²) in [6.45, 7) is 0.945. The Hall–Kier alpha value is -2.80. The average Bonchev–Trinajstić information content (AvgIpc) is 3.19. The van der Waals surface area contributed by atoms with Crippen LogP contribution in [0.4, 0.5) is 5.69 Å². The van der Waals surface area contributed by atoms with Crippen LogP contribution in [0.1, 0.15) is 10.4 Å². The standard InChI is InChI=1S/C22H14Cl2N2O3S/c23-14-11-15(24)17(10-13(14)22-26-16-3-1-2-4-20(16)30-22)25-21(27)12-5-6-18-19(9-12)29-8-7-28-18/h1-6,9-11H,7-8H2,(H,25,27). The van der Waals surface area contributed by atoms with E-state index in [1.54, 1.807) is 30.3 Å². The number of benzene rings is 3. The maximum absolute atomic E-state index is 12.8. The molecule has 2 heterocycles. The molecular weight excluding hydrogens is 443 g/mol. The van der Waals surface area contributed by atoms with E-state index >= 15 is 0 Å². The van der Waals surface area contributed by atoms with Gasteiger partial charge in [0.15, 0.2) is 11.5 Å². The van der Waals surface area contributed by atoms with Crippen LogP contribution in [0.3, 0.4) is 0 Å². The van der Waals surface area contributed by atoms with Crippen LogP contribution in [0.5, 0.6) is 11.5 Å². The number of hydrogen-bond acceptors (Lipinski definition) is 5. The maximum Gasteiger partial charge on any atom is 0.255 e. The summed E-state index contributed by atoms with van der Waals surface area (Å²) in [5.74, 6) is 0.859. The Balaban J connectivity index is 1.47. The van der Waals surface area contributed by atoms with Crippen LogP contribution in [0, 0.1) is 0 Å². The minimum Gasteiger partial charge on any atom is -0.486 e. The number of anilines is 1. The van der Waals surface area contributed by atoms with Gasteiger partial charge >= 0.3 is 0 Å². The molecule has 0 spiro atoms. The summed E-state index contributed by atoms with van der Waals surface area (Å²) in [5.41, 5.74) is 2.49. The van der Waals surface area contributed by atoms with E-state index in [0.717, 1.165) is 15.2 Å². The van der Waals surface area contributed by atoms with Crippen molar-refractivity contribution in [2.75, 3.05) is 18.5 Å².